The highest BCUT2D eigenvalue weighted by molar-refractivity contribution is 7.91. The molecule has 2 unspecified atom stereocenters. The summed E-state index contributed by atoms with van der Waals surface area (Å²) in [6.45, 7) is 5.20. The normalized spacial score (nSPS) is 13.6. The minimum atomic E-state index is -0.862. The van der Waals surface area contributed by atoms with Gasteiger partial charge in [-0.15, -0.1) is 0 Å². The maximum Gasteiger partial charge on any atom is 0.133 e. The molecule has 0 saturated carbocycles. The quantitative estimate of drug-likeness (QED) is 0.116. The minimum Gasteiger partial charge on any atom is -0.616 e. The van der Waals surface area contributed by atoms with Gasteiger partial charge in [0.2, 0.25) is 0 Å². The van der Waals surface area contributed by atoms with Crippen molar-refractivity contribution in [2.24, 2.45) is 0 Å². The van der Waals surface area contributed by atoms with Crippen LogP contribution in [0.15, 0.2) is 0 Å². The van der Waals surface area contributed by atoms with Crippen molar-refractivity contribution in [2.75, 3.05) is 24.7 Å². The summed E-state index contributed by atoms with van der Waals surface area (Å²) in [5.41, 5.74) is 0. The van der Waals surface area contributed by atoms with Crippen LogP contribution in [0.5, 0.6) is 0 Å². The molecule has 0 saturated heterocycles. The largest absolute Gasteiger partial charge is 0.616 e. The van der Waals surface area contributed by atoms with Crippen LogP contribution in [0.4, 0.5) is 0 Å². The van der Waals surface area contributed by atoms with Crippen LogP contribution in [0, 0.1) is 0 Å². The van der Waals surface area contributed by atoms with Gasteiger partial charge in [0.05, 0.1) is 6.61 Å². The third-order valence-corrected chi connectivity index (χ3v) is 7.39. The third kappa shape index (κ3) is 22.9. The monoisotopic (exact) mass is 446 g/mol. The zero-order valence-electron chi connectivity index (χ0n) is 20.5. The molecule has 0 heterocycles. The van der Waals surface area contributed by atoms with Crippen LogP contribution < -0.4 is 0 Å². The molecule has 1 N–H and O–H groups in total. The van der Waals surface area contributed by atoms with Crippen molar-refractivity contribution in [3.8, 4) is 0 Å². The van der Waals surface area contributed by atoms with Gasteiger partial charge in [-0.1, -0.05) is 128 Å². The van der Waals surface area contributed by atoms with E-state index in [0.29, 0.717) is 12.4 Å². The molecule has 0 aromatic rings. The molecule has 0 radical (unpaired) electrons. The summed E-state index contributed by atoms with van der Waals surface area (Å²) in [4.78, 5) is 0. The third-order valence-electron chi connectivity index (χ3n) is 5.90. The predicted molar refractivity (Wildman–Crippen MR) is 134 cm³/mol. The second-order valence-electron chi connectivity index (χ2n) is 9.00. The summed E-state index contributed by atoms with van der Waals surface area (Å²) in [6.07, 6.45) is 24.4. The van der Waals surface area contributed by atoms with Crippen LogP contribution >= 0.6 is 0 Å². The maximum atomic E-state index is 12.3. The molecule has 0 aromatic carbocycles. The highest BCUT2D eigenvalue weighted by Gasteiger charge is 2.16. The van der Waals surface area contributed by atoms with Crippen LogP contribution in [0.1, 0.15) is 136 Å². The summed E-state index contributed by atoms with van der Waals surface area (Å²) in [5.74, 6) is 1.25. The highest BCUT2D eigenvalue weighted by atomic mass is 32.2. The Kier molecular flexibility index (Phi) is 25.7. The maximum absolute atomic E-state index is 12.3. The van der Waals surface area contributed by atoms with E-state index in [0.717, 1.165) is 18.6 Å². The average molecular weight is 447 g/mol. The van der Waals surface area contributed by atoms with Crippen LogP contribution in [-0.4, -0.2) is 40.5 Å². The molecular formula is C26H54O3S. The van der Waals surface area contributed by atoms with E-state index in [2.05, 4.69) is 13.8 Å². The lowest BCUT2D eigenvalue weighted by atomic mass is 10.1. The van der Waals surface area contributed by atoms with E-state index >= 15 is 0 Å². The Labute approximate surface area is 192 Å². The Bertz CT molecular complexity index is 315. The first kappa shape index (κ1) is 30.2. The number of unbranched alkanes of at least 4 members (excludes halogenated alkanes) is 17. The first-order chi connectivity index (χ1) is 14.7. The van der Waals surface area contributed by atoms with Gasteiger partial charge in [0.25, 0.3) is 0 Å². The van der Waals surface area contributed by atoms with Crippen molar-refractivity contribution in [1.29, 1.82) is 0 Å². The molecule has 182 valence electrons. The molecule has 0 fully saturated rings. The fraction of sp³-hybridized carbons (Fsp3) is 1.00. The van der Waals surface area contributed by atoms with E-state index < -0.39 is 11.2 Å². The second kappa shape index (κ2) is 25.5. The van der Waals surface area contributed by atoms with Gasteiger partial charge in [-0.2, -0.15) is 0 Å². The van der Waals surface area contributed by atoms with Crippen molar-refractivity contribution in [2.45, 2.75) is 142 Å². The number of hydrogen-bond acceptors (Lipinski definition) is 3. The molecule has 3 nitrogen and oxygen atoms in total. The number of rotatable bonds is 25. The molecule has 0 aromatic heterocycles. The van der Waals surface area contributed by atoms with Crippen LogP contribution in [0.3, 0.4) is 0 Å². The zero-order chi connectivity index (χ0) is 22.1. The molecule has 0 spiro atoms. The van der Waals surface area contributed by atoms with Gasteiger partial charge in [-0.3, -0.25) is 0 Å². The Hall–Kier alpha value is 0.230. The van der Waals surface area contributed by atoms with E-state index in [1.165, 1.54) is 109 Å². The van der Waals surface area contributed by atoms with Gasteiger partial charge in [-0.05, 0) is 19.3 Å². The summed E-state index contributed by atoms with van der Waals surface area (Å²) in [5, 5.41) is 9.51. The van der Waals surface area contributed by atoms with Gasteiger partial charge in [-0.25, -0.2) is 0 Å². The lowest BCUT2D eigenvalue weighted by Crippen LogP contribution is -2.29. The molecule has 0 aliphatic rings. The zero-order valence-corrected chi connectivity index (χ0v) is 21.3. The Morgan fingerprint density at radius 3 is 1.47 bits per heavy atom. The molecule has 0 bridgehead atoms. The van der Waals surface area contributed by atoms with Crippen molar-refractivity contribution in [3.63, 3.8) is 0 Å². The standard InChI is InChI=1S/C26H54O3S/c1-3-5-7-9-11-13-15-17-19-21-23-30(28)25-26(24-27)29-22-20-18-16-14-12-10-8-6-4-2/h26-27H,3-25H2,1-2H3. The fourth-order valence-corrected chi connectivity index (χ4v) is 5.17. The number of aliphatic hydroxyl groups is 1. The molecule has 2 atom stereocenters. The predicted octanol–water partition coefficient (Wildman–Crippen LogP) is 7.56. The number of hydrogen-bond donors (Lipinski definition) is 1. The smallest absolute Gasteiger partial charge is 0.133 e. The summed E-state index contributed by atoms with van der Waals surface area (Å²) < 4.78 is 18.0. The Morgan fingerprint density at radius 2 is 1.03 bits per heavy atom. The molecule has 0 amide bonds. The second-order valence-corrected chi connectivity index (χ2v) is 10.6. The van der Waals surface area contributed by atoms with E-state index in [1.807, 2.05) is 0 Å². The molecule has 30 heavy (non-hydrogen) atoms. The van der Waals surface area contributed by atoms with E-state index in [1.54, 1.807) is 0 Å². The van der Waals surface area contributed by atoms with Crippen LogP contribution in [0.25, 0.3) is 0 Å². The fourth-order valence-electron chi connectivity index (χ4n) is 3.86. The Balaban J connectivity index is 3.44. The first-order valence-electron chi connectivity index (χ1n) is 13.3. The van der Waals surface area contributed by atoms with E-state index in [4.69, 9.17) is 4.74 Å². The van der Waals surface area contributed by atoms with Crippen molar-refractivity contribution in [3.05, 3.63) is 0 Å². The van der Waals surface area contributed by atoms with Crippen molar-refractivity contribution >= 4 is 11.2 Å². The molecule has 0 aliphatic heterocycles. The topological polar surface area (TPSA) is 52.5 Å². The first-order valence-corrected chi connectivity index (χ1v) is 14.8. The Morgan fingerprint density at radius 1 is 0.633 bits per heavy atom. The van der Waals surface area contributed by atoms with Crippen LogP contribution in [0.2, 0.25) is 0 Å². The van der Waals surface area contributed by atoms with Gasteiger partial charge in [0, 0.05) is 6.61 Å². The molecule has 4 heteroatoms. The molecule has 0 rings (SSSR count). The number of ether oxygens (including phenoxy) is 1. The SMILES string of the molecule is CCCCCCCCCCCC[S+]([O-])CC(CO)OCCCCCCCCCCC. The summed E-state index contributed by atoms with van der Waals surface area (Å²) in [7, 11) is 0. The van der Waals surface area contributed by atoms with Gasteiger partial charge >= 0.3 is 0 Å². The lowest BCUT2D eigenvalue weighted by Gasteiger charge is -2.18. The lowest BCUT2D eigenvalue weighted by molar-refractivity contribution is 0.0250. The number of aliphatic hydroxyl groups excluding tert-OH is 1. The van der Waals surface area contributed by atoms with Crippen LogP contribution in [-0.2, 0) is 15.9 Å². The van der Waals surface area contributed by atoms with Crippen molar-refractivity contribution < 1.29 is 14.4 Å². The van der Waals surface area contributed by atoms with Gasteiger partial charge in [0.15, 0.2) is 0 Å². The summed E-state index contributed by atoms with van der Waals surface area (Å²) in [6, 6.07) is 0. The highest BCUT2D eigenvalue weighted by Crippen LogP contribution is 2.12. The van der Waals surface area contributed by atoms with Gasteiger partial charge in [0.1, 0.15) is 17.6 Å². The molecule has 0 aliphatic carbocycles. The summed E-state index contributed by atoms with van der Waals surface area (Å²) >= 11 is -0.862. The van der Waals surface area contributed by atoms with Gasteiger partial charge < -0.3 is 14.4 Å². The average Bonchev–Trinajstić information content (AvgIpc) is 2.75. The minimum absolute atomic E-state index is 0.0127. The van der Waals surface area contributed by atoms with Crippen molar-refractivity contribution in [1.82, 2.24) is 0 Å². The van der Waals surface area contributed by atoms with E-state index in [-0.39, 0.29) is 12.7 Å². The van der Waals surface area contributed by atoms with E-state index in [9.17, 15) is 9.66 Å². The molecular weight excluding hydrogens is 392 g/mol.